The van der Waals surface area contributed by atoms with E-state index >= 15 is 0 Å². The molecule has 2 aliphatic rings. The zero-order valence-corrected chi connectivity index (χ0v) is 16.6. The molecule has 29 heavy (non-hydrogen) atoms. The highest BCUT2D eigenvalue weighted by Crippen LogP contribution is 2.52. The summed E-state index contributed by atoms with van der Waals surface area (Å²) in [6.07, 6.45) is 5.42. The summed E-state index contributed by atoms with van der Waals surface area (Å²) in [4.78, 5) is 14.1. The molecule has 3 atom stereocenters. The van der Waals surface area contributed by atoms with Crippen LogP contribution in [-0.2, 0) is 0 Å². The fraction of sp³-hybridized carbons (Fsp3) is 0.240. The van der Waals surface area contributed by atoms with Crippen LogP contribution in [0, 0.1) is 5.92 Å². The maximum Gasteiger partial charge on any atom is 0.253 e. The summed E-state index contributed by atoms with van der Waals surface area (Å²) in [6, 6.07) is 17.9. The van der Waals surface area contributed by atoms with Gasteiger partial charge in [0.1, 0.15) is 5.75 Å². The molecule has 0 saturated heterocycles. The van der Waals surface area contributed by atoms with Gasteiger partial charge in [-0.25, -0.2) is 0 Å². The van der Waals surface area contributed by atoms with Crippen LogP contribution in [0.1, 0.15) is 39.9 Å². The second-order valence-electron chi connectivity index (χ2n) is 8.20. The number of nitrogens with zero attached hydrogens (tertiary/aromatic N) is 1. The van der Waals surface area contributed by atoms with E-state index in [1.165, 1.54) is 0 Å². The van der Waals surface area contributed by atoms with E-state index in [9.17, 15) is 9.90 Å². The lowest BCUT2D eigenvalue weighted by Crippen LogP contribution is -2.30. The number of fused-ring (bicyclic) bond motifs is 4. The number of carbonyl (C=O) groups excluding carboxylic acids is 1. The summed E-state index contributed by atoms with van der Waals surface area (Å²) < 4.78 is 0. The van der Waals surface area contributed by atoms with Gasteiger partial charge >= 0.3 is 0 Å². The normalized spacial score (nSPS) is 22.1. The van der Waals surface area contributed by atoms with Gasteiger partial charge in [0, 0.05) is 36.8 Å². The Morgan fingerprint density at radius 1 is 1.10 bits per heavy atom. The Hall–Kier alpha value is -3.27. The van der Waals surface area contributed by atoms with Gasteiger partial charge in [-0.1, -0.05) is 42.5 Å². The van der Waals surface area contributed by atoms with Crippen molar-refractivity contribution in [2.75, 3.05) is 19.4 Å². The van der Waals surface area contributed by atoms with Gasteiger partial charge in [0.15, 0.2) is 0 Å². The molecule has 1 aliphatic heterocycles. The van der Waals surface area contributed by atoms with Crippen LogP contribution in [-0.4, -0.2) is 30.0 Å². The van der Waals surface area contributed by atoms with E-state index < -0.39 is 0 Å². The number of hydrogen-bond donors (Lipinski definition) is 2. The van der Waals surface area contributed by atoms with Gasteiger partial charge in [0.2, 0.25) is 0 Å². The topological polar surface area (TPSA) is 52.6 Å². The molecule has 146 valence electrons. The third-order valence-corrected chi connectivity index (χ3v) is 6.27. The highest BCUT2D eigenvalue weighted by atomic mass is 16.3. The van der Waals surface area contributed by atoms with E-state index in [0.717, 1.165) is 34.0 Å². The smallest absolute Gasteiger partial charge is 0.253 e. The summed E-state index contributed by atoms with van der Waals surface area (Å²) in [6.45, 7) is 0. The number of benzene rings is 3. The molecule has 1 amide bonds. The van der Waals surface area contributed by atoms with Crippen LogP contribution in [0.25, 0.3) is 10.8 Å². The molecule has 3 aromatic rings. The summed E-state index contributed by atoms with van der Waals surface area (Å²) in [5.41, 5.74) is 3.86. The van der Waals surface area contributed by atoms with Crippen LogP contribution in [0.15, 0.2) is 66.7 Å². The number of amides is 1. The molecule has 0 bridgehead atoms. The second kappa shape index (κ2) is 6.66. The Kier molecular flexibility index (Phi) is 4.09. The quantitative estimate of drug-likeness (QED) is 0.606. The first-order valence-corrected chi connectivity index (χ1v) is 10.0. The largest absolute Gasteiger partial charge is 0.508 e. The first kappa shape index (κ1) is 17.8. The van der Waals surface area contributed by atoms with Crippen LogP contribution >= 0.6 is 0 Å². The van der Waals surface area contributed by atoms with E-state index in [2.05, 4.69) is 29.6 Å². The van der Waals surface area contributed by atoms with Gasteiger partial charge in [-0.3, -0.25) is 4.79 Å². The standard InChI is InChI=1S/C25H24N2O2/c1-27(2)25(29)16-10-12-21-20(14-16)18-8-5-9-19(18)24(26-21)23-17-7-4-3-6-15(17)11-13-22(23)28/h3-8,10-14,18-19,24,26,28H,9H2,1-2H3. The van der Waals surface area contributed by atoms with Crippen LogP contribution in [0.5, 0.6) is 5.75 Å². The fourth-order valence-corrected chi connectivity index (χ4v) is 4.88. The van der Waals surface area contributed by atoms with Crippen molar-refractivity contribution in [3.8, 4) is 5.75 Å². The number of phenolic OH excluding ortho intramolecular Hbond substituents is 1. The van der Waals surface area contributed by atoms with E-state index in [4.69, 9.17) is 0 Å². The molecular weight excluding hydrogens is 360 g/mol. The number of phenols is 1. The van der Waals surface area contributed by atoms with Gasteiger partial charge in [-0.05, 0) is 52.9 Å². The Bertz CT molecular complexity index is 1150. The number of aromatic hydroxyl groups is 1. The summed E-state index contributed by atoms with van der Waals surface area (Å²) in [7, 11) is 3.55. The Labute approximate surface area is 170 Å². The van der Waals surface area contributed by atoms with Crippen molar-refractivity contribution in [3.63, 3.8) is 0 Å². The average molecular weight is 384 g/mol. The molecule has 4 heteroatoms. The zero-order valence-electron chi connectivity index (χ0n) is 16.6. The average Bonchev–Trinajstić information content (AvgIpc) is 3.23. The molecule has 1 aliphatic carbocycles. The molecule has 0 aromatic heterocycles. The molecule has 0 radical (unpaired) electrons. The number of nitrogens with one attached hydrogen (secondary N) is 1. The van der Waals surface area contributed by atoms with E-state index in [0.29, 0.717) is 17.2 Å². The highest BCUT2D eigenvalue weighted by molar-refractivity contribution is 5.95. The third kappa shape index (κ3) is 2.79. The van der Waals surface area contributed by atoms with E-state index in [1.54, 1.807) is 25.1 Å². The second-order valence-corrected chi connectivity index (χ2v) is 8.20. The predicted octanol–water partition coefficient (Wildman–Crippen LogP) is 5.07. The van der Waals surface area contributed by atoms with Crippen LogP contribution in [0.4, 0.5) is 5.69 Å². The molecule has 3 unspecified atom stereocenters. The maximum atomic E-state index is 12.5. The molecule has 0 fully saturated rings. The lowest BCUT2D eigenvalue weighted by Gasteiger charge is -2.38. The van der Waals surface area contributed by atoms with Crippen LogP contribution in [0.2, 0.25) is 0 Å². The van der Waals surface area contributed by atoms with Crippen molar-refractivity contribution in [1.29, 1.82) is 0 Å². The molecule has 1 heterocycles. The monoisotopic (exact) mass is 384 g/mol. The summed E-state index contributed by atoms with van der Waals surface area (Å²) >= 11 is 0. The zero-order chi connectivity index (χ0) is 20.1. The number of rotatable bonds is 2. The molecule has 2 N–H and O–H groups in total. The molecule has 0 saturated carbocycles. The summed E-state index contributed by atoms with van der Waals surface area (Å²) in [5, 5.41) is 16.7. The van der Waals surface area contributed by atoms with Crippen molar-refractivity contribution < 1.29 is 9.90 Å². The van der Waals surface area contributed by atoms with E-state index in [1.807, 2.05) is 36.4 Å². The van der Waals surface area contributed by atoms with Crippen molar-refractivity contribution >= 4 is 22.4 Å². The Morgan fingerprint density at radius 3 is 2.76 bits per heavy atom. The minimum atomic E-state index is 0.00370. The molecule has 3 aromatic carbocycles. The Balaban J connectivity index is 1.63. The minimum absolute atomic E-state index is 0.00370. The summed E-state index contributed by atoms with van der Waals surface area (Å²) in [5.74, 6) is 0.864. The van der Waals surface area contributed by atoms with Gasteiger partial charge in [0.25, 0.3) is 5.91 Å². The third-order valence-electron chi connectivity index (χ3n) is 6.27. The number of anilines is 1. The maximum absolute atomic E-state index is 12.5. The van der Waals surface area contributed by atoms with Crippen molar-refractivity contribution in [2.45, 2.75) is 18.4 Å². The van der Waals surface area contributed by atoms with E-state index in [-0.39, 0.29) is 17.9 Å². The van der Waals surface area contributed by atoms with Crippen LogP contribution < -0.4 is 5.32 Å². The van der Waals surface area contributed by atoms with Crippen molar-refractivity contribution in [1.82, 2.24) is 4.90 Å². The minimum Gasteiger partial charge on any atom is -0.508 e. The van der Waals surface area contributed by atoms with Gasteiger partial charge in [-0.2, -0.15) is 0 Å². The first-order valence-electron chi connectivity index (χ1n) is 10.0. The Morgan fingerprint density at radius 2 is 1.93 bits per heavy atom. The van der Waals surface area contributed by atoms with Gasteiger partial charge in [-0.15, -0.1) is 0 Å². The molecule has 4 nitrogen and oxygen atoms in total. The number of carbonyl (C=O) groups is 1. The SMILES string of the molecule is CN(C)C(=O)c1ccc2c(c1)C1C=CCC1C(c1c(O)ccc3ccccc13)N2. The van der Waals surface area contributed by atoms with Gasteiger partial charge in [0.05, 0.1) is 6.04 Å². The molecular formula is C25H24N2O2. The highest BCUT2D eigenvalue weighted by Gasteiger charge is 2.39. The van der Waals surface area contributed by atoms with Crippen molar-refractivity contribution in [2.24, 2.45) is 5.92 Å². The number of allylic oxidation sites excluding steroid dienone is 2. The van der Waals surface area contributed by atoms with Crippen molar-refractivity contribution in [3.05, 3.63) is 83.4 Å². The lowest BCUT2D eigenvalue weighted by atomic mass is 9.75. The number of hydrogen-bond acceptors (Lipinski definition) is 3. The molecule has 0 spiro atoms. The molecule has 5 rings (SSSR count). The lowest BCUT2D eigenvalue weighted by molar-refractivity contribution is 0.0827. The predicted molar refractivity (Wildman–Crippen MR) is 116 cm³/mol. The van der Waals surface area contributed by atoms with Crippen LogP contribution in [0.3, 0.4) is 0 Å². The first-order chi connectivity index (χ1) is 14.0. The van der Waals surface area contributed by atoms with Gasteiger partial charge < -0.3 is 15.3 Å². The fourth-order valence-electron chi connectivity index (χ4n) is 4.88.